The number of nitrogens with zero attached hydrogens (tertiary/aromatic N) is 6. The van der Waals surface area contributed by atoms with Crippen LogP contribution < -0.4 is 9.80 Å². The Labute approximate surface area is 159 Å². The first-order valence-electron chi connectivity index (χ1n) is 9.80. The average molecular weight is 370 g/mol. The van der Waals surface area contributed by atoms with Crippen molar-refractivity contribution in [1.29, 1.82) is 0 Å². The third-order valence-electron chi connectivity index (χ3n) is 5.58. The Morgan fingerprint density at radius 1 is 1.11 bits per heavy atom. The summed E-state index contributed by atoms with van der Waals surface area (Å²) in [6.07, 6.45) is 6.00. The Kier molecular flexibility index (Phi) is 4.93. The molecule has 2 aromatic heterocycles. The van der Waals surface area contributed by atoms with Gasteiger partial charge in [-0.25, -0.2) is 24.3 Å². The summed E-state index contributed by atoms with van der Waals surface area (Å²) in [4.78, 5) is 21.7. The van der Waals surface area contributed by atoms with Gasteiger partial charge in [0.1, 0.15) is 18.0 Å². The molecule has 4 rings (SSSR count). The highest BCUT2D eigenvalue weighted by Gasteiger charge is 2.28. The number of anilines is 2. The number of aryl methyl sites for hydroxylation is 2. The molecule has 0 aromatic carbocycles. The maximum absolute atomic E-state index is 14.2. The fourth-order valence-electron chi connectivity index (χ4n) is 3.79. The molecule has 1 aliphatic carbocycles. The van der Waals surface area contributed by atoms with Crippen molar-refractivity contribution in [2.75, 3.05) is 36.5 Å². The van der Waals surface area contributed by atoms with Crippen LogP contribution in [0.2, 0.25) is 0 Å². The van der Waals surface area contributed by atoms with E-state index in [0.29, 0.717) is 23.3 Å². The van der Waals surface area contributed by atoms with E-state index in [1.54, 1.807) is 6.92 Å². The lowest BCUT2D eigenvalue weighted by molar-refractivity contribution is 0.404. The van der Waals surface area contributed by atoms with Crippen molar-refractivity contribution in [2.24, 2.45) is 5.92 Å². The minimum absolute atomic E-state index is 0.318. The van der Waals surface area contributed by atoms with Crippen LogP contribution >= 0.6 is 0 Å². The molecule has 1 saturated carbocycles. The second-order valence-corrected chi connectivity index (χ2v) is 7.91. The molecular formula is C20H27FN6. The van der Waals surface area contributed by atoms with Gasteiger partial charge in [-0.05, 0) is 45.4 Å². The summed E-state index contributed by atoms with van der Waals surface area (Å²) in [6, 6.07) is 2.09. The summed E-state index contributed by atoms with van der Waals surface area (Å²) in [7, 11) is 1.91. The van der Waals surface area contributed by atoms with Crippen LogP contribution in [-0.4, -0.2) is 46.6 Å². The van der Waals surface area contributed by atoms with Crippen LogP contribution in [0.1, 0.15) is 48.8 Å². The van der Waals surface area contributed by atoms with E-state index >= 15 is 0 Å². The van der Waals surface area contributed by atoms with Crippen molar-refractivity contribution in [1.82, 2.24) is 19.9 Å². The normalized spacial score (nSPS) is 18.0. The van der Waals surface area contributed by atoms with Gasteiger partial charge in [0.15, 0.2) is 11.6 Å². The molecule has 0 spiro atoms. The molecule has 2 aromatic rings. The number of aromatic nitrogens is 4. The van der Waals surface area contributed by atoms with Crippen molar-refractivity contribution < 1.29 is 4.39 Å². The zero-order chi connectivity index (χ0) is 19.0. The second kappa shape index (κ2) is 7.37. The molecule has 3 heterocycles. The topological polar surface area (TPSA) is 58.0 Å². The number of piperidine rings is 1. The smallest absolute Gasteiger partial charge is 0.186 e. The van der Waals surface area contributed by atoms with Gasteiger partial charge in [-0.3, -0.25) is 0 Å². The molecule has 2 fully saturated rings. The number of rotatable bonds is 5. The van der Waals surface area contributed by atoms with Crippen LogP contribution in [0.3, 0.4) is 0 Å². The average Bonchev–Trinajstić information content (AvgIpc) is 3.49. The van der Waals surface area contributed by atoms with Crippen molar-refractivity contribution in [2.45, 2.75) is 45.4 Å². The van der Waals surface area contributed by atoms with E-state index in [0.717, 1.165) is 49.8 Å². The van der Waals surface area contributed by atoms with E-state index < -0.39 is 0 Å². The van der Waals surface area contributed by atoms with Gasteiger partial charge in [-0.2, -0.15) is 0 Å². The molecule has 1 saturated heterocycles. The van der Waals surface area contributed by atoms with Gasteiger partial charge in [-0.15, -0.1) is 0 Å². The molecule has 0 unspecified atom stereocenters. The molecule has 0 amide bonds. The first kappa shape index (κ1) is 18.1. The number of hydrogen-bond acceptors (Lipinski definition) is 6. The standard InChI is InChI=1S/C20H27FN6/c1-13-10-17(25-19(24-13)16-4-5-16)27-8-6-15(7-9-27)11-26(3)20-18(21)14(2)22-12-23-20/h10,12,15-16H,4-9,11H2,1-3H3. The Bertz CT molecular complexity index is 814. The largest absolute Gasteiger partial charge is 0.357 e. The van der Waals surface area contributed by atoms with E-state index in [-0.39, 0.29) is 5.82 Å². The van der Waals surface area contributed by atoms with Crippen LogP contribution in [0.25, 0.3) is 0 Å². The van der Waals surface area contributed by atoms with Gasteiger partial charge >= 0.3 is 0 Å². The maximum Gasteiger partial charge on any atom is 0.186 e. The van der Waals surface area contributed by atoms with Crippen LogP contribution in [0, 0.1) is 25.6 Å². The highest BCUT2D eigenvalue weighted by molar-refractivity contribution is 5.42. The lowest BCUT2D eigenvalue weighted by Gasteiger charge is -2.35. The quantitative estimate of drug-likeness (QED) is 0.805. The minimum atomic E-state index is -0.318. The van der Waals surface area contributed by atoms with Gasteiger partial charge in [0.2, 0.25) is 0 Å². The Morgan fingerprint density at radius 2 is 1.85 bits per heavy atom. The van der Waals surface area contributed by atoms with E-state index in [9.17, 15) is 4.39 Å². The maximum atomic E-state index is 14.2. The summed E-state index contributed by atoms with van der Waals surface area (Å²) in [5.74, 6) is 3.25. The fraction of sp³-hybridized carbons (Fsp3) is 0.600. The molecule has 0 radical (unpaired) electrons. The zero-order valence-electron chi connectivity index (χ0n) is 16.3. The summed E-state index contributed by atoms with van der Waals surface area (Å²) >= 11 is 0. The Balaban J connectivity index is 1.37. The molecule has 1 aliphatic heterocycles. The molecule has 6 nitrogen and oxygen atoms in total. The first-order chi connectivity index (χ1) is 13.0. The number of halogens is 1. The van der Waals surface area contributed by atoms with Crippen molar-refractivity contribution in [3.05, 3.63) is 35.4 Å². The van der Waals surface area contributed by atoms with Crippen LogP contribution in [-0.2, 0) is 0 Å². The lowest BCUT2D eigenvalue weighted by atomic mass is 9.96. The molecule has 144 valence electrons. The molecule has 7 heteroatoms. The van der Waals surface area contributed by atoms with Gasteiger partial charge in [0, 0.05) is 44.4 Å². The zero-order valence-corrected chi connectivity index (χ0v) is 16.3. The molecule has 0 bridgehead atoms. The summed E-state index contributed by atoms with van der Waals surface area (Å²) in [6.45, 7) is 6.48. The molecular weight excluding hydrogens is 343 g/mol. The van der Waals surface area contributed by atoms with Crippen LogP contribution in [0.5, 0.6) is 0 Å². The van der Waals surface area contributed by atoms with Gasteiger partial charge < -0.3 is 9.80 Å². The third-order valence-corrected chi connectivity index (χ3v) is 5.58. The van der Waals surface area contributed by atoms with E-state index in [2.05, 4.69) is 32.8 Å². The first-order valence-corrected chi connectivity index (χ1v) is 9.80. The predicted molar refractivity (Wildman–Crippen MR) is 104 cm³/mol. The highest BCUT2D eigenvalue weighted by Crippen LogP contribution is 2.38. The van der Waals surface area contributed by atoms with E-state index in [1.807, 2.05) is 11.9 Å². The summed E-state index contributed by atoms with van der Waals surface area (Å²) < 4.78 is 14.2. The van der Waals surface area contributed by atoms with Gasteiger partial charge in [-0.1, -0.05) is 0 Å². The molecule has 0 N–H and O–H groups in total. The molecule has 27 heavy (non-hydrogen) atoms. The van der Waals surface area contributed by atoms with Crippen LogP contribution in [0.15, 0.2) is 12.4 Å². The third kappa shape index (κ3) is 4.01. The predicted octanol–water partition coefficient (Wildman–Crippen LogP) is 3.25. The Morgan fingerprint density at radius 3 is 2.56 bits per heavy atom. The summed E-state index contributed by atoms with van der Waals surface area (Å²) in [5, 5.41) is 0. The lowest BCUT2D eigenvalue weighted by Crippen LogP contribution is -2.38. The van der Waals surface area contributed by atoms with Crippen molar-refractivity contribution >= 4 is 11.6 Å². The van der Waals surface area contributed by atoms with Crippen molar-refractivity contribution in [3.8, 4) is 0 Å². The highest BCUT2D eigenvalue weighted by atomic mass is 19.1. The fourth-order valence-corrected chi connectivity index (χ4v) is 3.79. The van der Waals surface area contributed by atoms with Gasteiger partial charge in [0.05, 0.1) is 5.69 Å². The Hall–Kier alpha value is -2.31. The van der Waals surface area contributed by atoms with E-state index in [4.69, 9.17) is 4.98 Å². The summed E-state index contributed by atoms with van der Waals surface area (Å²) in [5.41, 5.74) is 1.45. The van der Waals surface area contributed by atoms with Crippen LogP contribution in [0.4, 0.5) is 16.0 Å². The monoisotopic (exact) mass is 370 g/mol. The van der Waals surface area contributed by atoms with Crippen molar-refractivity contribution in [3.63, 3.8) is 0 Å². The number of hydrogen-bond donors (Lipinski definition) is 0. The van der Waals surface area contributed by atoms with Gasteiger partial charge in [0.25, 0.3) is 0 Å². The molecule has 2 aliphatic rings. The second-order valence-electron chi connectivity index (χ2n) is 7.91. The minimum Gasteiger partial charge on any atom is -0.357 e. The van der Waals surface area contributed by atoms with E-state index in [1.165, 1.54) is 19.2 Å². The SMILES string of the molecule is Cc1cc(N2CCC(CN(C)c3ncnc(C)c3F)CC2)nc(C2CC2)n1. The molecule has 0 atom stereocenters.